The molecule has 0 atom stereocenters. The molecule has 2 fully saturated rings. The Labute approximate surface area is 133 Å². The fourth-order valence-electron chi connectivity index (χ4n) is 4.15. The summed E-state index contributed by atoms with van der Waals surface area (Å²) in [5.41, 5.74) is 3.28. The predicted octanol–water partition coefficient (Wildman–Crippen LogP) is 4.61. The van der Waals surface area contributed by atoms with E-state index in [-0.39, 0.29) is 0 Å². The first-order valence-electron chi connectivity index (χ1n) is 8.47. The van der Waals surface area contributed by atoms with Crippen molar-refractivity contribution in [2.45, 2.75) is 52.0 Å². The lowest BCUT2D eigenvalue weighted by Crippen LogP contribution is -2.39. The zero-order valence-electron chi connectivity index (χ0n) is 13.1. The summed E-state index contributed by atoms with van der Waals surface area (Å²) in [5, 5.41) is 4.34. The fraction of sp³-hybridized carbons (Fsp3) is 0.667. The van der Waals surface area contributed by atoms with Gasteiger partial charge in [-0.05, 0) is 49.3 Å². The van der Waals surface area contributed by atoms with Gasteiger partial charge in [0.1, 0.15) is 0 Å². The number of piperidine rings is 1. The quantitative estimate of drug-likeness (QED) is 0.874. The van der Waals surface area contributed by atoms with Crippen LogP contribution in [0.1, 0.15) is 51.0 Å². The van der Waals surface area contributed by atoms with Gasteiger partial charge in [-0.1, -0.05) is 43.5 Å². The molecule has 1 heterocycles. The van der Waals surface area contributed by atoms with E-state index in [1.807, 2.05) is 6.07 Å². The molecular weight excluding hydrogens is 280 g/mol. The Morgan fingerprint density at radius 3 is 2.52 bits per heavy atom. The second-order valence-corrected chi connectivity index (χ2v) is 7.13. The molecule has 0 amide bonds. The van der Waals surface area contributed by atoms with Crippen LogP contribution < -0.4 is 10.2 Å². The number of rotatable bonds is 4. The summed E-state index contributed by atoms with van der Waals surface area (Å²) in [5.74, 6) is 0. The van der Waals surface area contributed by atoms with Gasteiger partial charge in [0.15, 0.2) is 0 Å². The molecule has 1 aromatic carbocycles. The maximum Gasteiger partial charge on any atom is 0.0642 e. The largest absolute Gasteiger partial charge is 0.370 e. The van der Waals surface area contributed by atoms with Gasteiger partial charge in [0.05, 0.1) is 10.7 Å². The van der Waals surface area contributed by atoms with Crippen LogP contribution in [-0.4, -0.2) is 19.6 Å². The average Bonchev–Trinajstić information content (AvgIpc) is 2.95. The second-order valence-electron chi connectivity index (χ2n) is 6.72. The molecule has 0 unspecified atom stereocenters. The molecular formula is C18H27ClN2. The summed E-state index contributed by atoms with van der Waals surface area (Å²) >= 11 is 6.52. The van der Waals surface area contributed by atoms with Crippen LogP contribution >= 0.6 is 11.6 Å². The Morgan fingerprint density at radius 2 is 1.86 bits per heavy atom. The Hall–Kier alpha value is -0.730. The monoisotopic (exact) mass is 306 g/mol. The van der Waals surface area contributed by atoms with E-state index in [0.29, 0.717) is 5.41 Å². The van der Waals surface area contributed by atoms with Crippen LogP contribution in [0.2, 0.25) is 5.02 Å². The third kappa shape index (κ3) is 3.22. The lowest BCUT2D eigenvalue weighted by Gasteiger charge is -2.41. The van der Waals surface area contributed by atoms with Crippen LogP contribution in [0.3, 0.4) is 0 Å². The van der Waals surface area contributed by atoms with Crippen molar-refractivity contribution in [3.63, 3.8) is 0 Å². The molecule has 1 aliphatic carbocycles. The van der Waals surface area contributed by atoms with E-state index in [1.54, 1.807) is 0 Å². The minimum atomic E-state index is 0.666. The van der Waals surface area contributed by atoms with Crippen LogP contribution in [0.4, 0.5) is 5.69 Å². The van der Waals surface area contributed by atoms with E-state index >= 15 is 0 Å². The van der Waals surface area contributed by atoms with Crippen molar-refractivity contribution in [2.75, 3.05) is 24.5 Å². The molecule has 1 N–H and O–H groups in total. The number of para-hydroxylation sites is 1. The van der Waals surface area contributed by atoms with Crippen molar-refractivity contribution >= 4 is 17.3 Å². The van der Waals surface area contributed by atoms with Crippen LogP contribution in [0.5, 0.6) is 0 Å². The zero-order valence-corrected chi connectivity index (χ0v) is 13.9. The minimum Gasteiger partial charge on any atom is -0.370 e. The zero-order chi connectivity index (χ0) is 14.7. The van der Waals surface area contributed by atoms with Crippen molar-refractivity contribution in [2.24, 2.45) is 5.41 Å². The Kier molecular flexibility index (Phi) is 4.75. The number of hydrogen-bond acceptors (Lipinski definition) is 2. The number of nitrogens with zero attached hydrogens (tertiary/aromatic N) is 1. The summed E-state index contributed by atoms with van der Waals surface area (Å²) in [7, 11) is 0. The highest BCUT2D eigenvalue weighted by molar-refractivity contribution is 6.33. The average molecular weight is 307 g/mol. The number of hydrogen-bond donors (Lipinski definition) is 1. The predicted molar refractivity (Wildman–Crippen MR) is 91.2 cm³/mol. The lowest BCUT2D eigenvalue weighted by atomic mass is 9.77. The lowest BCUT2D eigenvalue weighted by molar-refractivity contribution is 0.226. The van der Waals surface area contributed by atoms with Crippen LogP contribution in [0.15, 0.2) is 18.2 Å². The van der Waals surface area contributed by atoms with E-state index in [4.69, 9.17) is 11.6 Å². The molecule has 1 aromatic rings. The molecule has 3 rings (SSSR count). The maximum absolute atomic E-state index is 6.52. The first-order valence-corrected chi connectivity index (χ1v) is 8.85. The van der Waals surface area contributed by atoms with Crippen LogP contribution in [-0.2, 0) is 6.54 Å². The molecule has 21 heavy (non-hydrogen) atoms. The van der Waals surface area contributed by atoms with Gasteiger partial charge in [0.2, 0.25) is 0 Å². The van der Waals surface area contributed by atoms with Crippen molar-refractivity contribution in [3.05, 3.63) is 28.8 Å². The van der Waals surface area contributed by atoms with Gasteiger partial charge in [-0.25, -0.2) is 0 Å². The van der Waals surface area contributed by atoms with E-state index < -0.39 is 0 Å². The summed E-state index contributed by atoms with van der Waals surface area (Å²) in [6, 6.07) is 6.32. The summed E-state index contributed by atoms with van der Waals surface area (Å²) in [4.78, 5) is 2.53. The first-order chi connectivity index (χ1) is 10.2. The molecule has 0 bridgehead atoms. The standard InChI is InChI=1S/C18H27ClN2/c1-2-20-14-15-6-5-7-16(19)17(15)21-12-10-18(11-13-21)8-3-4-9-18/h5-7,20H,2-4,8-14H2,1H3. The molecule has 1 saturated heterocycles. The first kappa shape index (κ1) is 15.2. The van der Waals surface area contributed by atoms with Crippen molar-refractivity contribution in [3.8, 4) is 0 Å². The highest BCUT2D eigenvalue weighted by atomic mass is 35.5. The Morgan fingerprint density at radius 1 is 1.14 bits per heavy atom. The third-order valence-corrected chi connectivity index (χ3v) is 5.75. The number of halogens is 1. The number of anilines is 1. The molecule has 2 aliphatic rings. The minimum absolute atomic E-state index is 0.666. The molecule has 1 aliphatic heterocycles. The molecule has 116 valence electrons. The van der Waals surface area contributed by atoms with Gasteiger partial charge in [0, 0.05) is 19.6 Å². The van der Waals surface area contributed by atoms with Gasteiger partial charge >= 0.3 is 0 Å². The molecule has 1 saturated carbocycles. The summed E-state index contributed by atoms with van der Waals surface area (Å²) < 4.78 is 0. The molecule has 3 heteroatoms. The van der Waals surface area contributed by atoms with Gasteiger partial charge in [-0.15, -0.1) is 0 Å². The number of nitrogens with one attached hydrogen (secondary N) is 1. The summed E-state index contributed by atoms with van der Waals surface area (Å²) in [6.45, 7) is 6.39. The van der Waals surface area contributed by atoms with Crippen molar-refractivity contribution in [1.29, 1.82) is 0 Å². The second kappa shape index (κ2) is 6.58. The Bertz CT molecular complexity index is 470. The highest BCUT2D eigenvalue weighted by Gasteiger charge is 2.37. The third-order valence-electron chi connectivity index (χ3n) is 5.44. The van der Waals surface area contributed by atoms with Crippen molar-refractivity contribution < 1.29 is 0 Å². The maximum atomic E-state index is 6.52. The van der Waals surface area contributed by atoms with Crippen LogP contribution in [0.25, 0.3) is 0 Å². The summed E-state index contributed by atoms with van der Waals surface area (Å²) in [6.07, 6.45) is 8.48. The molecule has 0 aromatic heterocycles. The van der Waals surface area contributed by atoms with E-state index in [0.717, 1.165) is 18.1 Å². The van der Waals surface area contributed by atoms with Gasteiger partial charge < -0.3 is 10.2 Å². The van der Waals surface area contributed by atoms with E-state index in [2.05, 4.69) is 29.3 Å². The van der Waals surface area contributed by atoms with E-state index in [1.165, 1.54) is 62.9 Å². The normalized spacial score (nSPS) is 21.1. The fourth-order valence-corrected chi connectivity index (χ4v) is 4.46. The molecule has 2 nitrogen and oxygen atoms in total. The highest BCUT2D eigenvalue weighted by Crippen LogP contribution is 2.47. The smallest absolute Gasteiger partial charge is 0.0642 e. The van der Waals surface area contributed by atoms with Gasteiger partial charge in [-0.2, -0.15) is 0 Å². The van der Waals surface area contributed by atoms with Crippen molar-refractivity contribution in [1.82, 2.24) is 5.32 Å². The molecule has 1 spiro atoms. The number of benzene rings is 1. The van der Waals surface area contributed by atoms with Gasteiger partial charge in [0.25, 0.3) is 0 Å². The van der Waals surface area contributed by atoms with Gasteiger partial charge in [-0.3, -0.25) is 0 Å². The SMILES string of the molecule is CCNCc1cccc(Cl)c1N1CCC2(CCCC2)CC1. The Balaban J connectivity index is 1.75. The van der Waals surface area contributed by atoms with Crippen LogP contribution in [0, 0.1) is 5.41 Å². The topological polar surface area (TPSA) is 15.3 Å². The van der Waals surface area contributed by atoms with E-state index in [9.17, 15) is 0 Å². The molecule has 0 radical (unpaired) electrons.